The number of likely N-dealkylation sites (tertiary alicyclic amines) is 1. The molecule has 3 aliphatic rings. The SMILES string of the molecule is Cc1c(Br)ccc(NC(=O)COC(=O)[C@@H](C(C)C)N2C(=O)[C@@H]3[C@H]4CC[C@@H](C4)[C@@H]3C2=O)c1C. The monoisotopic (exact) mass is 504 g/mol. The Bertz CT molecular complexity index is 963. The number of anilines is 1. The highest BCUT2D eigenvalue weighted by Crippen LogP contribution is 2.56. The van der Waals surface area contributed by atoms with Crippen LogP contribution in [0.5, 0.6) is 0 Å². The zero-order valence-corrected chi connectivity index (χ0v) is 20.4. The number of carbonyl (C=O) groups excluding carboxylic acids is 4. The Morgan fingerprint density at radius 2 is 1.69 bits per heavy atom. The van der Waals surface area contributed by atoms with Gasteiger partial charge in [-0.2, -0.15) is 0 Å². The van der Waals surface area contributed by atoms with Gasteiger partial charge in [0.05, 0.1) is 11.8 Å². The summed E-state index contributed by atoms with van der Waals surface area (Å²) in [5, 5.41) is 2.76. The van der Waals surface area contributed by atoms with Crippen LogP contribution in [0.15, 0.2) is 16.6 Å². The van der Waals surface area contributed by atoms with E-state index in [2.05, 4.69) is 21.2 Å². The summed E-state index contributed by atoms with van der Waals surface area (Å²) in [6.45, 7) is 6.91. The maximum absolute atomic E-state index is 13.1. The third kappa shape index (κ3) is 3.76. The molecule has 7 nitrogen and oxygen atoms in total. The predicted molar refractivity (Wildman–Crippen MR) is 121 cm³/mol. The van der Waals surface area contributed by atoms with E-state index in [0.717, 1.165) is 39.8 Å². The zero-order valence-electron chi connectivity index (χ0n) is 18.8. The van der Waals surface area contributed by atoms with Crippen LogP contribution in [0, 0.1) is 43.4 Å². The van der Waals surface area contributed by atoms with Crippen LogP contribution in [0.25, 0.3) is 0 Å². The normalized spacial score (nSPS) is 27.1. The van der Waals surface area contributed by atoms with Crippen LogP contribution in [0.2, 0.25) is 0 Å². The number of ether oxygens (including phenoxy) is 1. The molecule has 2 bridgehead atoms. The molecule has 3 fully saturated rings. The van der Waals surface area contributed by atoms with Gasteiger partial charge in [0.15, 0.2) is 6.61 Å². The summed E-state index contributed by atoms with van der Waals surface area (Å²) in [4.78, 5) is 52.7. The fourth-order valence-electron chi connectivity index (χ4n) is 5.71. The number of rotatable bonds is 6. The lowest BCUT2D eigenvalue weighted by Gasteiger charge is -2.28. The van der Waals surface area contributed by atoms with Crippen molar-refractivity contribution < 1.29 is 23.9 Å². The van der Waals surface area contributed by atoms with Gasteiger partial charge in [0.25, 0.3) is 5.91 Å². The Balaban J connectivity index is 1.42. The van der Waals surface area contributed by atoms with Crippen LogP contribution in [-0.2, 0) is 23.9 Å². The quantitative estimate of drug-likeness (QED) is 0.471. The highest BCUT2D eigenvalue weighted by molar-refractivity contribution is 9.10. The fraction of sp³-hybridized carbons (Fsp3) is 0.583. The van der Waals surface area contributed by atoms with E-state index in [0.29, 0.717) is 5.69 Å². The molecule has 4 rings (SSSR count). The highest BCUT2D eigenvalue weighted by atomic mass is 79.9. The van der Waals surface area contributed by atoms with Crippen LogP contribution in [0.3, 0.4) is 0 Å². The molecule has 1 aromatic carbocycles. The van der Waals surface area contributed by atoms with E-state index in [1.54, 1.807) is 19.9 Å². The summed E-state index contributed by atoms with van der Waals surface area (Å²) < 4.78 is 6.23. The Labute approximate surface area is 196 Å². The van der Waals surface area contributed by atoms with Gasteiger partial charge in [0.2, 0.25) is 11.8 Å². The van der Waals surface area contributed by atoms with Crippen molar-refractivity contribution in [1.29, 1.82) is 0 Å². The van der Waals surface area contributed by atoms with Gasteiger partial charge >= 0.3 is 5.97 Å². The Kier molecular flexibility index (Phi) is 6.18. The van der Waals surface area contributed by atoms with Crippen LogP contribution >= 0.6 is 15.9 Å². The first-order valence-electron chi connectivity index (χ1n) is 11.2. The van der Waals surface area contributed by atoms with Crippen molar-refractivity contribution in [2.45, 2.75) is 53.0 Å². The van der Waals surface area contributed by atoms with Crippen molar-refractivity contribution in [3.8, 4) is 0 Å². The number of hydrogen-bond acceptors (Lipinski definition) is 5. The molecule has 0 spiro atoms. The summed E-state index contributed by atoms with van der Waals surface area (Å²) in [6, 6.07) is 2.61. The van der Waals surface area contributed by atoms with Gasteiger partial charge < -0.3 is 10.1 Å². The van der Waals surface area contributed by atoms with E-state index in [-0.39, 0.29) is 41.4 Å². The number of fused-ring (bicyclic) bond motifs is 5. The van der Waals surface area contributed by atoms with Gasteiger partial charge in [0.1, 0.15) is 6.04 Å². The average molecular weight is 505 g/mol. The number of amides is 3. The van der Waals surface area contributed by atoms with E-state index in [1.165, 1.54) is 0 Å². The first-order valence-corrected chi connectivity index (χ1v) is 12.0. The van der Waals surface area contributed by atoms with E-state index < -0.39 is 24.5 Å². The van der Waals surface area contributed by atoms with Crippen molar-refractivity contribution >= 4 is 45.3 Å². The minimum Gasteiger partial charge on any atom is -0.454 e. The topological polar surface area (TPSA) is 92.8 Å². The van der Waals surface area contributed by atoms with Crippen LogP contribution in [0.4, 0.5) is 5.69 Å². The van der Waals surface area contributed by atoms with Crippen molar-refractivity contribution in [2.75, 3.05) is 11.9 Å². The molecule has 1 heterocycles. The van der Waals surface area contributed by atoms with Gasteiger partial charge in [0, 0.05) is 10.2 Å². The number of nitrogens with zero attached hydrogens (tertiary/aromatic N) is 1. The molecule has 1 aromatic rings. The second kappa shape index (κ2) is 8.61. The number of nitrogens with one attached hydrogen (secondary N) is 1. The maximum Gasteiger partial charge on any atom is 0.330 e. The Hall–Kier alpha value is -2.22. The molecule has 1 N–H and O–H groups in total. The van der Waals surface area contributed by atoms with Gasteiger partial charge in [-0.15, -0.1) is 0 Å². The number of hydrogen-bond donors (Lipinski definition) is 1. The summed E-state index contributed by atoms with van der Waals surface area (Å²) in [7, 11) is 0. The first-order chi connectivity index (χ1) is 15.1. The van der Waals surface area contributed by atoms with E-state index in [9.17, 15) is 19.2 Å². The molecule has 3 amide bonds. The van der Waals surface area contributed by atoms with E-state index in [1.807, 2.05) is 19.9 Å². The third-order valence-electron chi connectivity index (χ3n) is 7.45. The molecule has 172 valence electrons. The fourth-order valence-corrected chi connectivity index (χ4v) is 6.14. The van der Waals surface area contributed by atoms with Crippen molar-refractivity contribution in [3.05, 3.63) is 27.7 Å². The lowest BCUT2D eigenvalue weighted by atomic mass is 9.81. The molecule has 2 aliphatic carbocycles. The van der Waals surface area contributed by atoms with E-state index in [4.69, 9.17) is 4.74 Å². The molecule has 32 heavy (non-hydrogen) atoms. The molecule has 0 radical (unpaired) electrons. The van der Waals surface area contributed by atoms with Gasteiger partial charge in [-0.05, 0) is 74.1 Å². The van der Waals surface area contributed by atoms with Gasteiger partial charge in [-0.1, -0.05) is 29.8 Å². The van der Waals surface area contributed by atoms with Crippen LogP contribution in [0.1, 0.15) is 44.2 Å². The third-order valence-corrected chi connectivity index (χ3v) is 8.31. The Morgan fingerprint density at radius 3 is 2.25 bits per heavy atom. The summed E-state index contributed by atoms with van der Waals surface area (Å²) in [5.74, 6) is -2.07. The number of halogens is 1. The van der Waals surface area contributed by atoms with E-state index >= 15 is 0 Å². The second-order valence-corrected chi connectivity index (χ2v) is 10.5. The molecule has 2 saturated carbocycles. The number of imide groups is 1. The second-order valence-electron chi connectivity index (χ2n) is 9.62. The molecule has 0 aromatic heterocycles. The van der Waals surface area contributed by atoms with Gasteiger partial charge in [-0.3, -0.25) is 19.3 Å². The lowest BCUT2D eigenvalue weighted by Crippen LogP contribution is -2.50. The molecule has 1 saturated heterocycles. The lowest BCUT2D eigenvalue weighted by molar-refractivity contribution is -0.162. The van der Waals surface area contributed by atoms with Crippen LogP contribution in [-0.4, -0.2) is 41.2 Å². The maximum atomic E-state index is 13.1. The van der Waals surface area contributed by atoms with Crippen LogP contribution < -0.4 is 5.32 Å². The molecule has 8 heteroatoms. The molecule has 0 unspecified atom stereocenters. The van der Waals surface area contributed by atoms with Crippen molar-refractivity contribution in [1.82, 2.24) is 4.90 Å². The zero-order chi connectivity index (χ0) is 23.3. The van der Waals surface area contributed by atoms with Crippen molar-refractivity contribution in [2.24, 2.45) is 29.6 Å². The predicted octanol–water partition coefficient (Wildman–Crippen LogP) is 3.60. The largest absolute Gasteiger partial charge is 0.454 e. The Morgan fingerprint density at radius 1 is 1.09 bits per heavy atom. The highest BCUT2D eigenvalue weighted by Gasteiger charge is 2.62. The standard InChI is InChI=1S/C24H29BrN2O5/c1-11(2)21(27-22(29)19-14-5-6-15(9-14)20(19)23(27)30)24(31)32-10-18(28)26-17-8-7-16(25)12(3)13(17)4/h7-8,11,14-15,19-21H,5-6,9-10H2,1-4H3,(H,26,28)/t14-,15-,19-,20+,21+/m0/s1. The van der Waals surface area contributed by atoms with Gasteiger partial charge in [-0.25, -0.2) is 4.79 Å². The molecular formula is C24H29BrN2O5. The number of esters is 1. The summed E-state index contributed by atoms with van der Waals surface area (Å²) in [5.41, 5.74) is 2.55. The number of carbonyl (C=O) groups is 4. The first kappa shape index (κ1) is 23.0. The summed E-state index contributed by atoms with van der Waals surface area (Å²) >= 11 is 3.45. The number of benzene rings is 1. The smallest absolute Gasteiger partial charge is 0.330 e. The minimum absolute atomic E-state index is 0.242. The molecule has 1 aliphatic heterocycles. The van der Waals surface area contributed by atoms with Crippen molar-refractivity contribution in [3.63, 3.8) is 0 Å². The average Bonchev–Trinajstić information content (AvgIpc) is 3.42. The molecular weight excluding hydrogens is 476 g/mol. The summed E-state index contributed by atoms with van der Waals surface area (Å²) in [6.07, 6.45) is 2.89. The minimum atomic E-state index is -1.01. The molecule has 5 atom stereocenters.